The summed E-state index contributed by atoms with van der Waals surface area (Å²) >= 11 is 0. The molecule has 1 saturated heterocycles. The van der Waals surface area contributed by atoms with Crippen LogP contribution in [0.4, 0.5) is 18.0 Å². The van der Waals surface area contributed by atoms with Gasteiger partial charge in [-0.15, -0.1) is 0 Å². The highest BCUT2D eigenvalue weighted by Gasteiger charge is 2.38. The van der Waals surface area contributed by atoms with E-state index in [-0.39, 0.29) is 29.6 Å². The van der Waals surface area contributed by atoms with Gasteiger partial charge in [0.05, 0.1) is 12.2 Å². The number of ether oxygens (including phenoxy) is 2. The third kappa shape index (κ3) is 7.48. The minimum absolute atomic E-state index is 0.0111. The molecule has 198 valence electrons. The molecule has 0 bridgehead atoms. The molecule has 1 amide bonds. The van der Waals surface area contributed by atoms with Crippen molar-refractivity contribution in [3.8, 4) is 17.1 Å². The van der Waals surface area contributed by atoms with Gasteiger partial charge in [0.25, 0.3) is 0 Å². The van der Waals surface area contributed by atoms with Crippen molar-refractivity contribution in [3.63, 3.8) is 0 Å². The van der Waals surface area contributed by atoms with Gasteiger partial charge >= 0.3 is 12.3 Å². The van der Waals surface area contributed by atoms with Gasteiger partial charge < -0.3 is 14.0 Å². The lowest BCUT2D eigenvalue weighted by Gasteiger charge is -2.26. The molecule has 1 aromatic heterocycles. The van der Waals surface area contributed by atoms with E-state index in [1.165, 1.54) is 17.0 Å². The van der Waals surface area contributed by atoms with Crippen molar-refractivity contribution in [3.05, 3.63) is 41.8 Å². The normalized spacial score (nSPS) is 16.6. The van der Waals surface area contributed by atoms with Crippen molar-refractivity contribution in [2.45, 2.75) is 84.0 Å². The van der Waals surface area contributed by atoms with Crippen molar-refractivity contribution in [2.24, 2.45) is 0 Å². The van der Waals surface area contributed by atoms with E-state index in [0.29, 0.717) is 19.4 Å². The van der Waals surface area contributed by atoms with Crippen LogP contribution >= 0.6 is 0 Å². The predicted octanol–water partition coefficient (Wildman–Crippen LogP) is 7.34. The maximum Gasteiger partial charge on any atom is 0.419 e. The molecule has 0 aliphatic carbocycles. The number of aromatic nitrogens is 2. The Labute approximate surface area is 209 Å². The summed E-state index contributed by atoms with van der Waals surface area (Å²) in [6, 6.07) is 3.21. The van der Waals surface area contributed by atoms with E-state index in [9.17, 15) is 18.0 Å². The van der Waals surface area contributed by atoms with E-state index in [4.69, 9.17) is 14.0 Å². The van der Waals surface area contributed by atoms with Crippen molar-refractivity contribution >= 4 is 6.09 Å². The summed E-state index contributed by atoms with van der Waals surface area (Å²) in [7, 11) is 0. The Balaban J connectivity index is 1.74. The maximum atomic E-state index is 13.8. The van der Waals surface area contributed by atoms with Gasteiger partial charge in [-0.3, -0.25) is 4.90 Å². The number of hydrogen-bond acceptors (Lipinski definition) is 6. The van der Waals surface area contributed by atoms with E-state index >= 15 is 0 Å². The highest BCUT2D eigenvalue weighted by molar-refractivity contribution is 5.69. The predicted molar refractivity (Wildman–Crippen MR) is 128 cm³/mol. The van der Waals surface area contributed by atoms with Gasteiger partial charge in [0.15, 0.2) is 0 Å². The lowest BCUT2D eigenvalue weighted by Crippen LogP contribution is -2.36. The monoisotopic (exact) mass is 509 g/mol. The largest absolute Gasteiger partial charge is 0.493 e. The molecule has 2 heterocycles. The molecule has 36 heavy (non-hydrogen) atoms. The van der Waals surface area contributed by atoms with Gasteiger partial charge in [0.1, 0.15) is 17.4 Å². The molecular weight excluding hydrogens is 475 g/mol. The van der Waals surface area contributed by atoms with Gasteiger partial charge in [0, 0.05) is 12.1 Å². The number of benzene rings is 1. The quantitative estimate of drug-likeness (QED) is 0.260. The first-order chi connectivity index (χ1) is 17.0. The first kappa shape index (κ1) is 27.5. The van der Waals surface area contributed by atoms with Crippen molar-refractivity contribution in [2.75, 3.05) is 13.2 Å². The average Bonchev–Trinajstić information content (AvgIpc) is 3.46. The summed E-state index contributed by atoms with van der Waals surface area (Å²) in [5, 5.41) is 3.88. The molecule has 1 aromatic carbocycles. The summed E-state index contributed by atoms with van der Waals surface area (Å²) in [5.41, 5.74) is -1.42. The van der Waals surface area contributed by atoms with Crippen molar-refractivity contribution in [1.82, 2.24) is 15.0 Å². The molecule has 3 rings (SSSR count). The molecule has 0 unspecified atom stereocenters. The summed E-state index contributed by atoms with van der Waals surface area (Å²) in [6.07, 6.45) is 3.77. The van der Waals surface area contributed by atoms with Gasteiger partial charge in [-0.1, -0.05) is 37.1 Å². The molecule has 0 spiro atoms. The molecule has 1 fully saturated rings. The number of hydrogen-bond donors (Lipinski definition) is 0. The molecule has 10 heteroatoms. The van der Waals surface area contributed by atoms with E-state index < -0.39 is 29.5 Å². The zero-order chi connectivity index (χ0) is 26.3. The molecule has 0 saturated carbocycles. The summed E-state index contributed by atoms with van der Waals surface area (Å²) < 4.78 is 57.5. The Morgan fingerprint density at radius 2 is 1.97 bits per heavy atom. The molecule has 0 radical (unpaired) electrons. The summed E-state index contributed by atoms with van der Waals surface area (Å²) in [4.78, 5) is 18.4. The van der Waals surface area contributed by atoms with Crippen LogP contribution < -0.4 is 4.74 Å². The van der Waals surface area contributed by atoms with Gasteiger partial charge in [-0.05, 0) is 64.7 Å². The smallest absolute Gasteiger partial charge is 0.419 e. The first-order valence-electron chi connectivity index (χ1n) is 12.3. The Hall–Kier alpha value is -3.04. The summed E-state index contributed by atoms with van der Waals surface area (Å²) in [6.45, 7) is 8.03. The standard InChI is InChI=1S/C26H34F3N3O4/c1-5-6-7-8-9-10-16-34-21-14-13-18(17-19(21)26(27,28)29)22-30-23(36-31-22)20-12-11-15-32(20)24(33)35-25(2,3)4/h8-9,13-14,17,20H,5-7,10-12,15-16H2,1-4H3/b9-8-/t20-/m0/s1. The second kappa shape index (κ2) is 11.8. The second-order valence-corrected chi connectivity index (χ2v) is 9.75. The molecule has 1 aliphatic rings. The van der Waals surface area contributed by atoms with Crippen LogP contribution in [0.5, 0.6) is 5.75 Å². The van der Waals surface area contributed by atoms with Gasteiger partial charge in [-0.2, -0.15) is 18.2 Å². The number of carbonyl (C=O) groups excluding carboxylic acids is 1. The Morgan fingerprint density at radius 3 is 2.67 bits per heavy atom. The van der Waals surface area contributed by atoms with Crippen LogP contribution in [-0.4, -0.2) is 39.9 Å². The average molecular weight is 510 g/mol. The lowest BCUT2D eigenvalue weighted by atomic mass is 10.1. The first-order valence-corrected chi connectivity index (χ1v) is 12.3. The third-order valence-corrected chi connectivity index (χ3v) is 5.58. The Kier molecular flexibility index (Phi) is 9.03. The van der Waals surface area contributed by atoms with Crippen LogP contribution in [0.3, 0.4) is 0 Å². The fourth-order valence-corrected chi connectivity index (χ4v) is 3.86. The lowest BCUT2D eigenvalue weighted by molar-refractivity contribution is -0.138. The number of unbranched alkanes of at least 4 members (excludes halogenated alkanes) is 2. The fourth-order valence-electron chi connectivity index (χ4n) is 3.86. The number of amides is 1. The third-order valence-electron chi connectivity index (χ3n) is 5.58. The van der Waals surface area contributed by atoms with E-state index in [1.54, 1.807) is 20.8 Å². The van der Waals surface area contributed by atoms with Crippen LogP contribution in [0.2, 0.25) is 0 Å². The Morgan fingerprint density at radius 1 is 1.22 bits per heavy atom. The summed E-state index contributed by atoms with van der Waals surface area (Å²) in [5.74, 6) is -0.0714. The number of rotatable bonds is 9. The van der Waals surface area contributed by atoms with Crippen LogP contribution in [-0.2, 0) is 10.9 Å². The van der Waals surface area contributed by atoms with Crippen molar-refractivity contribution in [1.29, 1.82) is 0 Å². The number of allylic oxidation sites excluding steroid dienone is 1. The molecule has 1 atom stereocenters. The van der Waals surface area contributed by atoms with Gasteiger partial charge in [0.2, 0.25) is 11.7 Å². The van der Waals surface area contributed by atoms with Gasteiger partial charge in [-0.25, -0.2) is 4.79 Å². The number of halogens is 3. The van der Waals surface area contributed by atoms with E-state index in [0.717, 1.165) is 31.7 Å². The zero-order valence-corrected chi connectivity index (χ0v) is 21.2. The van der Waals surface area contributed by atoms with Crippen LogP contribution in [0.25, 0.3) is 11.4 Å². The van der Waals surface area contributed by atoms with Crippen LogP contribution in [0.15, 0.2) is 34.9 Å². The number of carbonyl (C=O) groups is 1. The molecule has 1 aliphatic heterocycles. The number of likely N-dealkylation sites (tertiary alicyclic amines) is 1. The highest BCUT2D eigenvalue weighted by atomic mass is 19.4. The second-order valence-electron chi connectivity index (χ2n) is 9.75. The molecule has 0 N–H and O–H groups in total. The fraction of sp³-hybridized carbons (Fsp3) is 0.577. The zero-order valence-electron chi connectivity index (χ0n) is 21.2. The minimum atomic E-state index is -4.62. The van der Waals surface area contributed by atoms with Crippen LogP contribution in [0.1, 0.15) is 83.7 Å². The Bertz CT molecular complexity index is 1040. The molecular formula is C26H34F3N3O4. The van der Waals surface area contributed by atoms with E-state index in [1.807, 2.05) is 12.2 Å². The van der Waals surface area contributed by atoms with Crippen LogP contribution in [0, 0.1) is 0 Å². The molecule has 7 nitrogen and oxygen atoms in total. The van der Waals surface area contributed by atoms with Crippen molar-refractivity contribution < 1.29 is 32.0 Å². The van der Waals surface area contributed by atoms with E-state index in [2.05, 4.69) is 17.1 Å². The topological polar surface area (TPSA) is 77.7 Å². The molecule has 2 aromatic rings. The minimum Gasteiger partial charge on any atom is -0.493 e. The highest BCUT2D eigenvalue weighted by Crippen LogP contribution is 2.39. The maximum absolute atomic E-state index is 13.8. The number of nitrogens with zero attached hydrogens (tertiary/aromatic N) is 3. The number of alkyl halides is 3. The SMILES string of the molecule is CCCC/C=C\CCOc1ccc(-c2noc([C@@H]3CCCN3C(=O)OC(C)(C)C)n2)cc1C(F)(F)F.